The molecule has 0 aliphatic carbocycles. The molecule has 27 heavy (non-hydrogen) atoms. The Bertz CT molecular complexity index is 898. The Morgan fingerprint density at radius 1 is 1.22 bits per heavy atom. The van der Waals surface area contributed by atoms with Crippen LogP contribution in [0.5, 0.6) is 5.75 Å². The van der Waals surface area contributed by atoms with Crippen molar-refractivity contribution in [3.8, 4) is 5.75 Å². The van der Waals surface area contributed by atoms with Crippen molar-refractivity contribution in [2.45, 2.75) is 18.9 Å². The summed E-state index contributed by atoms with van der Waals surface area (Å²) in [5.74, 6) is 1.80. The number of sulfone groups is 1. The molecule has 1 fully saturated rings. The van der Waals surface area contributed by atoms with Crippen molar-refractivity contribution in [2.24, 2.45) is 0 Å². The predicted molar refractivity (Wildman–Crippen MR) is 103 cm³/mol. The third-order valence-corrected chi connectivity index (χ3v) is 6.31. The summed E-state index contributed by atoms with van der Waals surface area (Å²) in [6.45, 7) is 0. The molecule has 2 aromatic rings. The molecule has 8 nitrogen and oxygen atoms in total. The van der Waals surface area contributed by atoms with Crippen LogP contribution in [0.4, 0.5) is 11.6 Å². The minimum absolute atomic E-state index is 0.0974. The summed E-state index contributed by atoms with van der Waals surface area (Å²) in [4.78, 5) is 14.0. The molecule has 2 heterocycles. The van der Waals surface area contributed by atoms with Gasteiger partial charge in [-0.05, 0) is 36.2 Å². The summed E-state index contributed by atoms with van der Waals surface area (Å²) < 4.78 is 28.3. The average molecular weight is 390 g/mol. The minimum Gasteiger partial charge on any atom is -0.497 e. The number of ether oxygens (including phenoxy) is 1. The number of carbonyl (C=O) groups is 1. The third kappa shape index (κ3) is 4.94. The Morgan fingerprint density at radius 3 is 2.52 bits per heavy atom. The number of hydrogen-bond donors (Lipinski definition) is 1. The molecule has 1 N–H and O–H groups in total. The molecule has 1 unspecified atom stereocenters. The first kappa shape index (κ1) is 19.1. The number of anilines is 2. The van der Waals surface area contributed by atoms with E-state index in [9.17, 15) is 13.2 Å². The zero-order valence-electron chi connectivity index (χ0n) is 15.3. The monoisotopic (exact) mass is 390 g/mol. The number of methoxy groups -OCH3 is 1. The Labute approximate surface area is 158 Å². The van der Waals surface area contributed by atoms with E-state index in [2.05, 4.69) is 15.5 Å². The number of nitrogens with zero attached hydrogens (tertiary/aromatic N) is 3. The number of amides is 1. The van der Waals surface area contributed by atoms with Crippen molar-refractivity contribution < 1.29 is 17.9 Å². The molecule has 1 atom stereocenters. The first-order valence-corrected chi connectivity index (χ1v) is 10.4. The van der Waals surface area contributed by atoms with E-state index in [-0.39, 0.29) is 29.9 Å². The number of nitrogens with one attached hydrogen (secondary N) is 1. The molecule has 0 radical (unpaired) electrons. The van der Waals surface area contributed by atoms with Gasteiger partial charge >= 0.3 is 0 Å². The molecule has 1 amide bonds. The standard InChI is InChI=1S/C18H22N4O4S/c1-22(14-9-10-27(24,25)12-14)17-8-7-16(20-21-17)19-18(23)11-13-3-5-15(26-2)6-4-13/h3-8,14H,9-12H2,1-2H3,(H,19,20,23). The van der Waals surface area contributed by atoms with Crippen LogP contribution in [0, 0.1) is 0 Å². The zero-order valence-corrected chi connectivity index (χ0v) is 16.1. The van der Waals surface area contributed by atoms with Crippen LogP contribution in [0.15, 0.2) is 36.4 Å². The molecule has 3 rings (SSSR count). The Balaban J connectivity index is 1.57. The van der Waals surface area contributed by atoms with E-state index in [0.29, 0.717) is 18.1 Å². The number of aromatic nitrogens is 2. The van der Waals surface area contributed by atoms with Crippen LogP contribution >= 0.6 is 0 Å². The van der Waals surface area contributed by atoms with Gasteiger partial charge in [0.2, 0.25) is 5.91 Å². The van der Waals surface area contributed by atoms with Crippen molar-refractivity contribution in [1.29, 1.82) is 0 Å². The fraction of sp³-hybridized carbons (Fsp3) is 0.389. The van der Waals surface area contributed by atoms with E-state index in [0.717, 1.165) is 11.3 Å². The molecule has 1 aromatic carbocycles. The molecule has 144 valence electrons. The lowest BCUT2D eigenvalue weighted by Gasteiger charge is -2.23. The van der Waals surface area contributed by atoms with Gasteiger partial charge in [-0.25, -0.2) is 8.42 Å². The van der Waals surface area contributed by atoms with E-state index in [4.69, 9.17) is 4.74 Å². The molecule has 1 aliphatic rings. The largest absolute Gasteiger partial charge is 0.497 e. The topological polar surface area (TPSA) is 101 Å². The van der Waals surface area contributed by atoms with Gasteiger partial charge in [-0.3, -0.25) is 4.79 Å². The molecular formula is C18H22N4O4S. The lowest BCUT2D eigenvalue weighted by Crippen LogP contribution is -2.33. The summed E-state index contributed by atoms with van der Waals surface area (Å²) in [6, 6.07) is 10.6. The van der Waals surface area contributed by atoms with Crippen molar-refractivity contribution in [3.63, 3.8) is 0 Å². The molecule has 1 saturated heterocycles. The maximum atomic E-state index is 12.1. The number of carbonyl (C=O) groups excluding carboxylic acids is 1. The van der Waals surface area contributed by atoms with E-state index in [1.165, 1.54) is 0 Å². The number of benzene rings is 1. The smallest absolute Gasteiger partial charge is 0.229 e. The number of hydrogen-bond acceptors (Lipinski definition) is 7. The summed E-state index contributed by atoms with van der Waals surface area (Å²) in [5.41, 5.74) is 0.861. The van der Waals surface area contributed by atoms with Gasteiger partial charge in [0.25, 0.3) is 0 Å². The van der Waals surface area contributed by atoms with Crippen LogP contribution in [0.2, 0.25) is 0 Å². The molecule has 0 bridgehead atoms. The Kier molecular flexibility index (Phi) is 5.59. The van der Waals surface area contributed by atoms with E-state index in [1.54, 1.807) is 38.4 Å². The SMILES string of the molecule is COc1ccc(CC(=O)Nc2ccc(N(C)C3CCS(=O)(=O)C3)nn2)cc1. The first-order valence-electron chi connectivity index (χ1n) is 8.56. The van der Waals surface area contributed by atoms with Crippen molar-refractivity contribution >= 4 is 27.4 Å². The van der Waals surface area contributed by atoms with E-state index in [1.807, 2.05) is 17.0 Å². The van der Waals surface area contributed by atoms with E-state index >= 15 is 0 Å². The average Bonchev–Trinajstić information content (AvgIpc) is 3.02. The normalized spacial score (nSPS) is 18.1. The zero-order chi connectivity index (χ0) is 19.4. The fourth-order valence-electron chi connectivity index (χ4n) is 2.96. The van der Waals surface area contributed by atoms with Gasteiger partial charge in [-0.15, -0.1) is 10.2 Å². The summed E-state index contributed by atoms with van der Waals surface area (Å²) in [6.07, 6.45) is 0.800. The molecular weight excluding hydrogens is 368 g/mol. The van der Waals surface area contributed by atoms with Crippen LogP contribution in [-0.4, -0.2) is 56.2 Å². The second kappa shape index (κ2) is 7.91. The lowest BCUT2D eigenvalue weighted by atomic mass is 10.1. The minimum atomic E-state index is -2.96. The maximum Gasteiger partial charge on any atom is 0.229 e. The van der Waals surface area contributed by atoms with Crippen molar-refractivity contribution in [3.05, 3.63) is 42.0 Å². The molecule has 0 saturated carbocycles. The summed E-state index contributed by atoms with van der Waals surface area (Å²) in [7, 11) is 0.432. The summed E-state index contributed by atoms with van der Waals surface area (Å²) in [5, 5.41) is 10.8. The number of rotatable bonds is 6. The van der Waals surface area contributed by atoms with Gasteiger partial charge in [-0.1, -0.05) is 12.1 Å². The Morgan fingerprint density at radius 2 is 1.96 bits per heavy atom. The van der Waals surface area contributed by atoms with Crippen molar-refractivity contribution in [1.82, 2.24) is 10.2 Å². The van der Waals surface area contributed by atoms with Crippen LogP contribution in [0.3, 0.4) is 0 Å². The summed E-state index contributed by atoms with van der Waals surface area (Å²) >= 11 is 0. The molecule has 1 aromatic heterocycles. The molecule has 9 heteroatoms. The second-order valence-corrected chi connectivity index (χ2v) is 8.75. The van der Waals surface area contributed by atoms with Gasteiger partial charge in [0.05, 0.1) is 25.0 Å². The highest BCUT2D eigenvalue weighted by Crippen LogP contribution is 2.21. The van der Waals surface area contributed by atoms with Crippen molar-refractivity contribution in [2.75, 3.05) is 35.9 Å². The van der Waals surface area contributed by atoms with Crippen LogP contribution in [0.1, 0.15) is 12.0 Å². The molecule has 1 aliphatic heterocycles. The van der Waals surface area contributed by atoms with E-state index < -0.39 is 9.84 Å². The fourth-order valence-corrected chi connectivity index (χ4v) is 4.74. The predicted octanol–water partition coefficient (Wildman–Crippen LogP) is 1.29. The highest BCUT2D eigenvalue weighted by molar-refractivity contribution is 7.91. The first-order chi connectivity index (χ1) is 12.9. The van der Waals surface area contributed by atoms with Gasteiger partial charge in [0.1, 0.15) is 5.75 Å². The maximum absolute atomic E-state index is 12.1. The second-order valence-electron chi connectivity index (χ2n) is 6.52. The quantitative estimate of drug-likeness (QED) is 0.793. The Hall–Kier alpha value is -2.68. The molecule has 0 spiro atoms. The highest BCUT2D eigenvalue weighted by Gasteiger charge is 2.31. The van der Waals surface area contributed by atoms with Crippen LogP contribution in [-0.2, 0) is 21.1 Å². The van der Waals surface area contributed by atoms with Crippen LogP contribution in [0.25, 0.3) is 0 Å². The van der Waals surface area contributed by atoms with Crippen LogP contribution < -0.4 is 15.0 Å². The lowest BCUT2D eigenvalue weighted by molar-refractivity contribution is -0.115. The highest BCUT2D eigenvalue weighted by atomic mass is 32.2. The third-order valence-electron chi connectivity index (χ3n) is 4.56. The van der Waals surface area contributed by atoms with Gasteiger partial charge in [0.15, 0.2) is 21.5 Å². The van der Waals surface area contributed by atoms with Gasteiger partial charge in [-0.2, -0.15) is 0 Å². The van der Waals surface area contributed by atoms with Gasteiger partial charge in [0, 0.05) is 13.1 Å². The van der Waals surface area contributed by atoms with Gasteiger partial charge < -0.3 is 15.0 Å².